The number of alkyl halides is 3. The van der Waals surface area contributed by atoms with Gasteiger partial charge >= 0.3 is 6.18 Å². The van der Waals surface area contributed by atoms with E-state index in [0.29, 0.717) is 24.7 Å². The highest BCUT2D eigenvalue weighted by atomic mass is 32.2. The molecule has 2 aromatic heterocycles. The molecule has 0 bridgehead atoms. The minimum atomic E-state index is -4.51. The van der Waals surface area contributed by atoms with Gasteiger partial charge in [-0.2, -0.15) is 22.6 Å². The Hall–Kier alpha value is -2.99. The predicted octanol–water partition coefficient (Wildman–Crippen LogP) is 2.50. The lowest BCUT2D eigenvalue weighted by atomic mass is 10.2. The lowest BCUT2D eigenvalue weighted by Crippen LogP contribution is -2.49. The third-order valence-corrected chi connectivity index (χ3v) is 6.89. The second-order valence-electron chi connectivity index (χ2n) is 7.06. The summed E-state index contributed by atoms with van der Waals surface area (Å²) >= 11 is 0. The Morgan fingerprint density at radius 1 is 0.871 bits per heavy atom. The van der Waals surface area contributed by atoms with Crippen molar-refractivity contribution in [3.05, 3.63) is 59.9 Å². The van der Waals surface area contributed by atoms with Crippen LogP contribution in [0.15, 0.2) is 53.6 Å². The summed E-state index contributed by atoms with van der Waals surface area (Å²) in [6, 6.07) is 8.96. The molecule has 1 fully saturated rings. The second-order valence-corrected chi connectivity index (χ2v) is 9.00. The smallest absolute Gasteiger partial charge is 0.352 e. The van der Waals surface area contributed by atoms with Crippen molar-refractivity contribution < 1.29 is 21.6 Å². The minimum absolute atomic E-state index is 0.160. The average Bonchev–Trinajstić information content (AvgIpc) is 3.20. The molecule has 0 spiro atoms. The molecule has 3 aromatic rings. The van der Waals surface area contributed by atoms with Crippen LogP contribution >= 0.6 is 0 Å². The van der Waals surface area contributed by atoms with Gasteiger partial charge in [-0.25, -0.2) is 13.1 Å². The fraction of sp³-hybridized carbons (Fsp3) is 0.316. The van der Waals surface area contributed by atoms with Gasteiger partial charge in [0.25, 0.3) is 0 Å². The molecule has 12 heteroatoms. The van der Waals surface area contributed by atoms with Crippen molar-refractivity contribution in [2.45, 2.75) is 18.0 Å². The van der Waals surface area contributed by atoms with E-state index in [1.165, 1.54) is 4.31 Å². The molecule has 0 aliphatic carbocycles. The normalized spacial score (nSPS) is 15.9. The van der Waals surface area contributed by atoms with Crippen molar-refractivity contribution in [2.24, 2.45) is 0 Å². The van der Waals surface area contributed by atoms with Crippen molar-refractivity contribution in [3.8, 4) is 5.82 Å². The minimum Gasteiger partial charge on any atom is -0.352 e. The first-order valence-electron chi connectivity index (χ1n) is 9.43. The van der Waals surface area contributed by atoms with Gasteiger partial charge in [0.15, 0.2) is 11.6 Å². The van der Waals surface area contributed by atoms with Gasteiger partial charge in [0.1, 0.15) is 0 Å². The van der Waals surface area contributed by atoms with E-state index in [4.69, 9.17) is 0 Å². The summed E-state index contributed by atoms with van der Waals surface area (Å²) in [5.74, 6) is 1.18. The van der Waals surface area contributed by atoms with Crippen LogP contribution in [0.1, 0.15) is 11.3 Å². The van der Waals surface area contributed by atoms with Gasteiger partial charge in [-0.3, -0.25) is 0 Å². The Balaban J connectivity index is 1.42. The highest BCUT2D eigenvalue weighted by Gasteiger charge is 2.32. The van der Waals surface area contributed by atoms with Gasteiger partial charge in [0, 0.05) is 32.4 Å². The number of rotatable bonds is 4. The van der Waals surface area contributed by atoms with E-state index < -0.39 is 21.8 Å². The first kappa shape index (κ1) is 21.2. The zero-order chi connectivity index (χ0) is 22.2. The van der Waals surface area contributed by atoms with Gasteiger partial charge in [-0.1, -0.05) is 0 Å². The van der Waals surface area contributed by atoms with Crippen LogP contribution in [-0.4, -0.2) is 58.9 Å². The average molecular weight is 452 g/mol. The van der Waals surface area contributed by atoms with Crippen molar-refractivity contribution in [2.75, 3.05) is 31.1 Å². The van der Waals surface area contributed by atoms with Gasteiger partial charge in [-0.05, 0) is 49.4 Å². The molecule has 1 saturated heterocycles. The van der Waals surface area contributed by atoms with Crippen LogP contribution in [0, 0.1) is 6.92 Å². The van der Waals surface area contributed by atoms with Crippen LogP contribution in [0.2, 0.25) is 0 Å². The summed E-state index contributed by atoms with van der Waals surface area (Å²) in [5, 5.41) is 12.6. The molecule has 1 aliphatic heterocycles. The maximum absolute atomic E-state index is 12.8. The van der Waals surface area contributed by atoms with Crippen molar-refractivity contribution in [1.29, 1.82) is 0 Å². The number of piperazine rings is 1. The van der Waals surface area contributed by atoms with Crippen LogP contribution in [0.25, 0.3) is 5.82 Å². The molecule has 1 aromatic carbocycles. The maximum Gasteiger partial charge on any atom is 0.416 e. The first-order valence-corrected chi connectivity index (χ1v) is 10.9. The molecule has 164 valence electrons. The van der Waals surface area contributed by atoms with E-state index in [0.717, 1.165) is 30.0 Å². The molecule has 0 radical (unpaired) electrons. The zero-order valence-electron chi connectivity index (χ0n) is 16.5. The zero-order valence-corrected chi connectivity index (χ0v) is 17.3. The number of hydrogen-bond donors (Lipinski definition) is 0. The topological polar surface area (TPSA) is 84.2 Å². The number of halogens is 3. The van der Waals surface area contributed by atoms with E-state index >= 15 is 0 Å². The summed E-state index contributed by atoms with van der Waals surface area (Å²) in [6.45, 7) is 3.01. The van der Waals surface area contributed by atoms with Crippen molar-refractivity contribution in [3.63, 3.8) is 0 Å². The molecular formula is C19H19F3N6O2S. The molecule has 0 unspecified atom stereocenters. The lowest BCUT2D eigenvalue weighted by Gasteiger charge is -2.34. The monoisotopic (exact) mass is 452 g/mol. The standard InChI is InChI=1S/C19H19F3N6O2S/c1-14-8-9-28(25-14)18-7-6-17(23-24-18)26-10-12-27(13-11-26)31(29,30)16-4-2-15(3-5-16)19(20,21)22/h2-9H,10-13H2,1H3. The van der Waals surface area contributed by atoms with Gasteiger partial charge < -0.3 is 4.90 Å². The molecule has 1 aliphatic rings. The van der Waals surface area contributed by atoms with Crippen molar-refractivity contribution in [1.82, 2.24) is 24.3 Å². The fourth-order valence-corrected chi connectivity index (χ4v) is 4.70. The van der Waals surface area contributed by atoms with E-state index in [-0.39, 0.29) is 18.0 Å². The van der Waals surface area contributed by atoms with Crippen LogP contribution in [0.5, 0.6) is 0 Å². The summed E-state index contributed by atoms with van der Waals surface area (Å²) in [5.41, 5.74) is -0.0279. The SMILES string of the molecule is Cc1ccn(-c2ccc(N3CCN(S(=O)(=O)c4ccc(C(F)(F)F)cc4)CC3)nn2)n1. The summed E-state index contributed by atoms with van der Waals surface area (Å²) in [7, 11) is -3.88. The number of anilines is 1. The van der Waals surface area contributed by atoms with Gasteiger partial charge in [0.05, 0.1) is 16.2 Å². The van der Waals surface area contributed by atoms with E-state index in [1.54, 1.807) is 23.0 Å². The number of aryl methyl sites for hydroxylation is 1. The lowest BCUT2D eigenvalue weighted by molar-refractivity contribution is -0.137. The van der Waals surface area contributed by atoms with Crippen LogP contribution in [0.4, 0.5) is 19.0 Å². The summed E-state index contributed by atoms with van der Waals surface area (Å²) < 4.78 is 66.6. The highest BCUT2D eigenvalue weighted by molar-refractivity contribution is 7.89. The summed E-state index contributed by atoms with van der Waals surface area (Å²) in [4.78, 5) is 1.75. The Kier molecular flexibility index (Phi) is 5.43. The Morgan fingerprint density at radius 2 is 1.48 bits per heavy atom. The predicted molar refractivity (Wildman–Crippen MR) is 106 cm³/mol. The molecular weight excluding hydrogens is 433 g/mol. The highest BCUT2D eigenvalue weighted by Crippen LogP contribution is 2.30. The van der Waals surface area contributed by atoms with Crippen molar-refractivity contribution >= 4 is 15.8 Å². The molecule has 8 nitrogen and oxygen atoms in total. The van der Waals surface area contributed by atoms with Crippen LogP contribution in [-0.2, 0) is 16.2 Å². The van der Waals surface area contributed by atoms with Gasteiger partial charge in [0.2, 0.25) is 10.0 Å². The number of sulfonamides is 1. The first-order chi connectivity index (χ1) is 14.6. The number of hydrogen-bond acceptors (Lipinski definition) is 6. The van der Waals surface area contributed by atoms with Crippen LogP contribution in [0.3, 0.4) is 0 Å². The molecule has 0 N–H and O–H groups in total. The molecule has 31 heavy (non-hydrogen) atoms. The Labute approximate surface area is 177 Å². The Morgan fingerprint density at radius 3 is 2.00 bits per heavy atom. The third-order valence-electron chi connectivity index (χ3n) is 4.98. The quantitative estimate of drug-likeness (QED) is 0.605. The molecule has 0 atom stereocenters. The third kappa shape index (κ3) is 4.39. The van der Waals surface area contributed by atoms with Crippen LogP contribution < -0.4 is 4.90 Å². The van der Waals surface area contributed by atoms with E-state index in [1.807, 2.05) is 17.9 Å². The van der Waals surface area contributed by atoms with E-state index in [9.17, 15) is 21.6 Å². The van der Waals surface area contributed by atoms with E-state index in [2.05, 4.69) is 15.3 Å². The Bertz CT molecular complexity index is 1150. The number of benzene rings is 1. The van der Waals surface area contributed by atoms with Gasteiger partial charge in [-0.15, -0.1) is 10.2 Å². The molecule has 3 heterocycles. The fourth-order valence-electron chi connectivity index (χ4n) is 3.27. The largest absolute Gasteiger partial charge is 0.416 e. The molecule has 4 rings (SSSR count). The maximum atomic E-state index is 12.8. The molecule has 0 saturated carbocycles. The number of nitrogens with zero attached hydrogens (tertiary/aromatic N) is 6. The molecule has 0 amide bonds. The second kappa shape index (κ2) is 7.93. The summed E-state index contributed by atoms with van der Waals surface area (Å²) in [6.07, 6.45) is -2.73. The number of aromatic nitrogens is 4.